The third kappa shape index (κ3) is 7.67. The molecule has 10 nitrogen and oxygen atoms in total. The number of amides is 1. The smallest absolute Gasteiger partial charge is 0.399 e. The van der Waals surface area contributed by atoms with Crippen molar-refractivity contribution in [2.75, 3.05) is 18.1 Å². The maximum absolute atomic E-state index is 16.5. The molecule has 1 atom stereocenters. The zero-order valence-electron chi connectivity index (χ0n) is 32.1. The highest BCUT2D eigenvalue weighted by atomic mass is 28.3. The SMILES string of the molecule is Cc1c2c(nn1COCC[Si](C)(C)C)C(=O)N(c1ccc3c(c1)ncn3COCC[Si](C)(C)C)C2c1ccc(B2OC(C)(C)C(C)(C)O2)cc1F. The van der Waals surface area contributed by atoms with E-state index in [2.05, 4.69) is 44.3 Å². The molecule has 51 heavy (non-hydrogen) atoms. The van der Waals surface area contributed by atoms with E-state index in [0.29, 0.717) is 53.4 Å². The summed E-state index contributed by atoms with van der Waals surface area (Å²) >= 11 is 0. The van der Waals surface area contributed by atoms with Gasteiger partial charge in [0.15, 0.2) is 5.69 Å². The fourth-order valence-electron chi connectivity index (χ4n) is 6.36. The predicted octanol–water partition coefficient (Wildman–Crippen LogP) is 7.35. The van der Waals surface area contributed by atoms with Crippen LogP contribution in [0.4, 0.5) is 10.1 Å². The number of hydrogen-bond donors (Lipinski definition) is 0. The Balaban J connectivity index is 1.34. The first-order valence-electron chi connectivity index (χ1n) is 17.9. The summed E-state index contributed by atoms with van der Waals surface area (Å²) in [5.74, 6) is -0.765. The Bertz CT molecular complexity index is 1920. The molecule has 1 saturated heterocycles. The minimum atomic E-state index is -1.28. The number of halogens is 1. The van der Waals surface area contributed by atoms with Gasteiger partial charge in [0.05, 0.1) is 34.6 Å². The fraction of sp³-hybridized carbons (Fsp3) is 0.541. The van der Waals surface area contributed by atoms with E-state index in [1.165, 1.54) is 6.07 Å². The molecule has 0 aliphatic carbocycles. The summed E-state index contributed by atoms with van der Waals surface area (Å²) < 4.78 is 44.6. The van der Waals surface area contributed by atoms with Crippen molar-refractivity contribution in [2.24, 2.45) is 0 Å². The summed E-state index contributed by atoms with van der Waals surface area (Å²) in [7, 11) is -3.20. The van der Waals surface area contributed by atoms with Crippen LogP contribution in [0.25, 0.3) is 11.0 Å². The number of fused-ring (bicyclic) bond motifs is 2. The molecule has 0 N–H and O–H groups in total. The second kappa shape index (κ2) is 13.7. The van der Waals surface area contributed by atoms with E-state index in [1.807, 2.05) is 63.5 Å². The minimum absolute atomic E-state index is 0.218. The summed E-state index contributed by atoms with van der Waals surface area (Å²) in [6, 6.07) is 12.1. The highest BCUT2D eigenvalue weighted by Crippen LogP contribution is 2.44. The number of rotatable bonds is 13. The van der Waals surface area contributed by atoms with Crippen LogP contribution in [-0.4, -0.2) is 72.9 Å². The van der Waals surface area contributed by atoms with Crippen LogP contribution >= 0.6 is 0 Å². The lowest BCUT2D eigenvalue weighted by Gasteiger charge is -2.32. The standard InChI is InChI=1S/C37H53BFN5O5Si2/c1-25-32-33(41-43(25)24-47-17-19-51(9,10)11)35(45)44(27-13-15-31-30(21-27)40-22-42(31)23-46-16-18-50(6,7)8)34(32)28-14-12-26(20-29(28)39)38-48-36(2,3)37(4,5)49-38/h12-15,20-22,34H,16-19,23-24H2,1-11H3. The molecule has 1 unspecified atom stereocenters. The van der Waals surface area contributed by atoms with E-state index in [9.17, 15) is 4.79 Å². The van der Waals surface area contributed by atoms with Crippen LogP contribution in [0.2, 0.25) is 51.4 Å². The van der Waals surface area contributed by atoms with Gasteiger partial charge in [-0.3, -0.25) is 9.69 Å². The average molecular weight is 734 g/mol. The van der Waals surface area contributed by atoms with Gasteiger partial charge in [0, 0.05) is 51.9 Å². The van der Waals surface area contributed by atoms with Crippen LogP contribution in [0.3, 0.4) is 0 Å². The number of benzene rings is 2. The van der Waals surface area contributed by atoms with Crippen molar-refractivity contribution >= 4 is 51.4 Å². The predicted molar refractivity (Wildman–Crippen MR) is 206 cm³/mol. The van der Waals surface area contributed by atoms with Gasteiger partial charge in [0.1, 0.15) is 19.3 Å². The minimum Gasteiger partial charge on any atom is -0.399 e. The maximum atomic E-state index is 16.5. The van der Waals surface area contributed by atoms with Gasteiger partial charge in [0.2, 0.25) is 0 Å². The van der Waals surface area contributed by atoms with Gasteiger partial charge >= 0.3 is 7.12 Å². The Morgan fingerprint density at radius 1 is 0.902 bits per heavy atom. The molecule has 2 aliphatic heterocycles. The lowest BCUT2D eigenvalue weighted by molar-refractivity contribution is 0.00578. The third-order valence-corrected chi connectivity index (χ3v) is 13.8. The third-order valence-electron chi connectivity index (χ3n) is 10.4. The molecule has 1 amide bonds. The van der Waals surface area contributed by atoms with Crippen LogP contribution in [0.1, 0.15) is 61.0 Å². The van der Waals surface area contributed by atoms with Crippen LogP contribution < -0.4 is 10.4 Å². The summed E-state index contributed by atoms with van der Waals surface area (Å²) in [5, 5.41) is 4.74. The monoisotopic (exact) mass is 733 g/mol. The van der Waals surface area contributed by atoms with Crippen molar-refractivity contribution in [2.45, 2.75) is 117 Å². The van der Waals surface area contributed by atoms with E-state index in [-0.39, 0.29) is 12.6 Å². The number of nitrogens with zero attached hydrogens (tertiary/aromatic N) is 5. The summed E-state index contributed by atoms with van der Waals surface area (Å²) in [6.45, 7) is 25.6. The van der Waals surface area contributed by atoms with Crippen LogP contribution in [0.15, 0.2) is 42.7 Å². The van der Waals surface area contributed by atoms with Crippen molar-refractivity contribution in [3.8, 4) is 0 Å². The molecule has 0 bridgehead atoms. The van der Waals surface area contributed by atoms with Crippen LogP contribution in [0.5, 0.6) is 0 Å². The van der Waals surface area contributed by atoms with E-state index in [0.717, 1.165) is 23.3 Å². The molecule has 2 aromatic carbocycles. The second-order valence-electron chi connectivity index (χ2n) is 17.4. The molecule has 0 spiro atoms. The Kier molecular flexibility index (Phi) is 10.1. The number of aromatic nitrogens is 4. The first kappa shape index (κ1) is 37.6. The average Bonchev–Trinajstić information content (AvgIpc) is 3.72. The van der Waals surface area contributed by atoms with Crippen molar-refractivity contribution < 1.29 is 28.0 Å². The lowest BCUT2D eigenvalue weighted by Crippen LogP contribution is -2.41. The highest BCUT2D eigenvalue weighted by Gasteiger charge is 2.52. The topological polar surface area (TPSA) is 92.9 Å². The van der Waals surface area contributed by atoms with Crippen molar-refractivity contribution in [1.29, 1.82) is 0 Å². The molecular weight excluding hydrogens is 680 g/mol. The van der Waals surface area contributed by atoms with E-state index >= 15 is 4.39 Å². The van der Waals surface area contributed by atoms with Gasteiger partial charge in [-0.15, -0.1) is 0 Å². The number of carbonyl (C=O) groups is 1. The normalized spacial score (nSPS) is 18.7. The number of ether oxygens (including phenoxy) is 2. The van der Waals surface area contributed by atoms with Crippen molar-refractivity contribution in [3.05, 3.63) is 71.1 Å². The molecule has 6 rings (SSSR count). The van der Waals surface area contributed by atoms with Gasteiger partial charge in [-0.1, -0.05) is 51.4 Å². The van der Waals surface area contributed by atoms with Gasteiger partial charge < -0.3 is 23.3 Å². The maximum Gasteiger partial charge on any atom is 0.494 e. The Morgan fingerprint density at radius 3 is 2.14 bits per heavy atom. The zero-order chi connectivity index (χ0) is 37.1. The molecule has 2 aliphatic rings. The van der Waals surface area contributed by atoms with E-state index in [4.69, 9.17) is 23.9 Å². The quantitative estimate of drug-likeness (QED) is 0.105. The van der Waals surface area contributed by atoms with Gasteiger partial charge in [-0.2, -0.15) is 5.10 Å². The molecule has 14 heteroatoms. The van der Waals surface area contributed by atoms with Gasteiger partial charge in [0.25, 0.3) is 5.91 Å². The summed E-state index contributed by atoms with van der Waals surface area (Å²) in [5.41, 5.74) is 3.73. The number of carbonyl (C=O) groups excluding carboxylic acids is 1. The van der Waals surface area contributed by atoms with Crippen molar-refractivity contribution in [3.63, 3.8) is 0 Å². The lowest BCUT2D eigenvalue weighted by atomic mass is 9.78. The zero-order valence-corrected chi connectivity index (χ0v) is 34.1. The largest absolute Gasteiger partial charge is 0.494 e. The van der Waals surface area contributed by atoms with E-state index in [1.54, 1.807) is 22.0 Å². The van der Waals surface area contributed by atoms with Crippen LogP contribution in [-0.2, 0) is 32.2 Å². The molecule has 2 aromatic heterocycles. The second-order valence-corrected chi connectivity index (χ2v) is 28.6. The van der Waals surface area contributed by atoms with E-state index < -0.39 is 46.3 Å². The first-order valence-corrected chi connectivity index (χ1v) is 25.3. The molecule has 1 fully saturated rings. The Labute approximate surface area is 303 Å². The fourth-order valence-corrected chi connectivity index (χ4v) is 7.87. The molecule has 0 saturated carbocycles. The first-order chi connectivity index (χ1) is 23.8. The molecular formula is C37H53BFN5O5Si2. The van der Waals surface area contributed by atoms with Crippen LogP contribution in [0, 0.1) is 12.7 Å². The molecule has 0 radical (unpaired) electrons. The molecule has 4 aromatic rings. The molecule has 4 heterocycles. The highest BCUT2D eigenvalue weighted by molar-refractivity contribution is 6.76. The van der Waals surface area contributed by atoms with Gasteiger partial charge in [-0.25, -0.2) is 14.1 Å². The molecule has 274 valence electrons. The van der Waals surface area contributed by atoms with Crippen molar-refractivity contribution in [1.82, 2.24) is 19.3 Å². The summed E-state index contributed by atoms with van der Waals surface area (Å²) in [6.07, 6.45) is 1.76. The Hall–Kier alpha value is -3.14. The Morgan fingerprint density at radius 2 is 1.53 bits per heavy atom. The number of imidazole rings is 1. The van der Waals surface area contributed by atoms with Gasteiger partial charge in [-0.05, 0) is 76.4 Å². The number of hydrogen-bond acceptors (Lipinski definition) is 7. The number of anilines is 1. The summed E-state index contributed by atoms with van der Waals surface area (Å²) in [4.78, 5) is 20.6.